The van der Waals surface area contributed by atoms with Gasteiger partial charge >= 0.3 is 0 Å². The number of nitrogen functional groups attached to an aromatic ring is 2. The van der Waals surface area contributed by atoms with Gasteiger partial charge in [0.25, 0.3) is 0 Å². The molecule has 0 unspecified atom stereocenters. The van der Waals surface area contributed by atoms with Crippen LogP contribution in [0.25, 0.3) is 0 Å². The van der Waals surface area contributed by atoms with E-state index in [2.05, 4.69) is 15.0 Å². The molecule has 0 aliphatic carbocycles. The van der Waals surface area contributed by atoms with Gasteiger partial charge in [-0.2, -0.15) is 5.11 Å². The Kier molecular flexibility index (Phi) is 4.16. The van der Waals surface area contributed by atoms with Gasteiger partial charge in [0.1, 0.15) is 5.69 Å². The van der Waals surface area contributed by atoms with Gasteiger partial charge in [-0.25, -0.2) is 8.42 Å². The molecule has 0 aliphatic rings. The average molecular weight is 291 g/mol. The summed E-state index contributed by atoms with van der Waals surface area (Å²) in [5.74, 6) is 0. The predicted octanol–water partition coefficient (Wildman–Crippen LogP) is 2.20. The quantitative estimate of drug-likeness (QED) is 0.391. The summed E-state index contributed by atoms with van der Waals surface area (Å²) in [6, 6.07) is 12.2. The summed E-state index contributed by atoms with van der Waals surface area (Å²) in [5, 5.41) is 8.02. The Morgan fingerprint density at radius 1 is 0.900 bits per heavy atom. The van der Waals surface area contributed by atoms with Crippen LogP contribution in [0.3, 0.4) is 0 Å². The highest BCUT2D eigenvalue weighted by Gasteiger charge is 2.08. The number of azo groups is 1. The zero-order chi connectivity index (χ0) is 14.5. The lowest BCUT2D eigenvalue weighted by molar-refractivity contribution is 0.619. The van der Waals surface area contributed by atoms with Crippen molar-refractivity contribution < 1.29 is 8.42 Å². The first-order chi connectivity index (χ1) is 9.58. The zero-order valence-corrected chi connectivity index (χ0v) is 11.2. The fourth-order valence-corrected chi connectivity index (χ4v) is 1.91. The molecule has 20 heavy (non-hydrogen) atoms. The highest BCUT2D eigenvalue weighted by Crippen LogP contribution is 2.34. The molecule has 0 bridgehead atoms. The Hall–Kier alpha value is -2.61. The maximum absolute atomic E-state index is 10.6. The highest BCUT2D eigenvalue weighted by atomic mass is 32.2. The Morgan fingerprint density at radius 3 is 2.25 bits per heavy atom. The fourth-order valence-electron chi connectivity index (χ4n) is 1.51. The lowest BCUT2D eigenvalue weighted by Gasteiger charge is -2.08. The van der Waals surface area contributed by atoms with Crippen LogP contribution in [0.4, 0.5) is 28.4 Å². The third-order valence-corrected chi connectivity index (χ3v) is 2.93. The number of nitrogens with one attached hydrogen (secondary N) is 1. The molecule has 0 spiro atoms. The van der Waals surface area contributed by atoms with E-state index in [1.807, 2.05) is 18.2 Å². The first-order valence-electron chi connectivity index (χ1n) is 5.63. The molecule has 2 aromatic carbocycles. The summed E-state index contributed by atoms with van der Waals surface area (Å²) < 4.78 is 23.4. The minimum Gasteiger partial charge on any atom is -0.395 e. The maximum Gasteiger partial charge on any atom is 0.222 e. The molecule has 0 amide bonds. The first kappa shape index (κ1) is 13.8. The third-order valence-electron chi connectivity index (χ3n) is 2.51. The van der Waals surface area contributed by atoms with E-state index in [9.17, 15) is 8.42 Å². The van der Waals surface area contributed by atoms with Crippen molar-refractivity contribution >= 4 is 39.3 Å². The Balaban J connectivity index is 2.30. The summed E-state index contributed by atoms with van der Waals surface area (Å²) in [6.07, 6.45) is 0. The van der Waals surface area contributed by atoms with Crippen LogP contribution in [-0.2, 0) is 10.9 Å². The van der Waals surface area contributed by atoms with Crippen LogP contribution >= 0.6 is 0 Å². The molecule has 5 N–H and O–H groups in total. The van der Waals surface area contributed by atoms with Crippen LogP contribution in [0.2, 0.25) is 0 Å². The van der Waals surface area contributed by atoms with Gasteiger partial charge in [-0.1, -0.05) is 18.2 Å². The molecule has 8 heteroatoms. The predicted molar refractivity (Wildman–Crippen MR) is 79.8 cm³/mol. The molecule has 0 saturated heterocycles. The normalized spacial score (nSPS) is 11.1. The molecule has 0 fully saturated rings. The van der Waals surface area contributed by atoms with Crippen molar-refractivity contribution in [2.75, 3.05) is 16.2 Å². The summed E-state index contributed by atoms with van der Waals surface area (Å²) >= 11 is 0. The molecule has 0 atom stereocenters. The van der Waals surface area contributed by atoms with Crippen molar-refractivity contribution in [1.82, 2.24) is 0 Å². The number of nitrogens with zero attached hydrogens (tertiary/aromatic N) is 2. The average Bonchev–Trinajstić information content (AvgIpc) is 2.44. The standard InChI is InChI=1S/C12H13N5O2S/c13-11-9(16-15-8-4-2-1-3-5-8)6-7-10(12(11)14)17-20(18)19/h1-7,20H,13-14H2,(H,17,18,19). The van der Waals surface area contributed by atoms with Gasteiger partial charge in [-0.15, -0.1) is 5.11 Å². The molecular weight excluding hydrogens is 278 g/mol. The van der Waals surface area contributed by atoms with Gasteiger partial charge in [-0.3, -0.25) is 4.72 Å². The lowest BCUT2D eigenvalue weighted by Crippen LogP contribution is -2.02. The molecule has 2 rings (SSSR count). The minimum absolute atomic E-state index is 0.119. The smallest absolute Gasteiger partial charge is 0.222 e. The molecule has 0 radical (unpaired) electrons. The number of nitrogens with two attached hydrogens (primary N) is 2. The van der Waals surface area contributed by atoms with Crippen molar-refractivity contribution in [3.05, 3.63) is 42.5 Å². The van der Waals surface area contributed by atoms with E-state index < -0.39 is 10.9 Å². The number of hydrogen-bond acceptors (Lipinski definition) is 6. The largest absolute Gasteiger partial charge is 0.395 e. The third kappa shape index (κ3) is 3.23. The zero-order valence-electron chi connectivity index (χ0n) is 10.4. The molecule has 104 valence electrons. The van der Waals surface area contributed by atoms with E-state index in [1.165, 1.54) is 6.07 Å². The molecular formula is C12H13N5O2S. The summed E-state index contributed by atoms with van der Waals surface area (Å²) in [6.45, 7) is 0. The number of anilines is 3. The Labute approximate surface area is 117 Å². The van der Waals surface area contributed by atoms with Crippen LogP contribution < -0.4 is 16.2 Å². The SMILES string of the molecule is Nc1c(N=Nc2ccccc2)ccc(N[SH](=O)=O)c1N. The van der Waals surface area contributed by atoms with Crippen LogP contribution in [0.15, 0.2) is 52.7 Å². The maximum atomic E-state index is 10.6. The van der Waals surface area contributed by atoms with Crippen molar-refractivity contribution in [1.29, 1.82) is 0 Å². The highest BCUT2D eigenvalue weighted by molar-refractivity contribution is 7.73. The van der Waals surface area contributed by atoms with Crippen LogP contribution in [0.5, 0.6) is 0 Å². The van der Waals surface area contributed by atoms with Gasteiger partial charge in [0.05, 0.1) is 22.7 Å². The van der Waals surface area contributed by atoms with E-state index in [0.717, 1.165) is 0 Å². The van der Waals surface area contributed by atoms with Crippen molar-refractivity contribution in [3.8, 4) is 0 Å². The van der Waals surface area contributed by atoms with Gasteiger partial charge < -0.3 is 11.5 Å². The number of rotatable bonds is 4. The van der Waals surface area contributed by atoms with Gasteiger partial charge in [0.2, 0.25) is 10.9 Å². The summed E-state index contributed by atoms with van der Waals surface area (Å²) in [4.78, 5) is 0. The second kappa shape index (κ2) is 6.02. The first-order valence-corrected chi connectivity index (χ1v) is 6.81. The topological polar surface area (TPSA) is 123 Å². The van der Waals surface area contributed by atoms with E-state index >= 15 is 0 Å². The second-order valence-electron chi connectivity index (χ2n) is 3.86. The minimum atomic E-state index is -2.80. The lowest BCUT2D eigenvalue weighted by atomic mass is 10.2. The van der Waals surface area contributed by atoms with Crippen LogP contribution in [-0.4, -0.2) is 8.42 Å². The summed E-state index contributed by atoms with van der Waals surface area (Å²) in [5.41, 5.74) is 13.1. The van der Waals surface area contributed by atoms with E-state index in [0.29, 0.717) is 11.4 Å². The van der Waals surface area contributed by atoms with Crippen LogP contribution in [0.1, 0.15) is 0 Å². The van der Waals surface area contributed by atoms with Gasteiger partial charge in [-0.05, 0) is 24.3 Å². The van der Waals surface area contributed by atoms with Crippen molar-refractivity contribution in [2.45, 2.75) is 0 Å². The van der Waals surface area contributed by atoms with Crippen LogP contribution in [0, 0.1) is 0 Å². The Morgan fingerprint density at radius 2 is 1.60 bits per heavy atom. The van der Waals surface area contributed by atoms with E-state index in [4.69, 9.17) is 11.5 Å². The molecule has 2 aromatic rings. The second-order valence-corrected chi connectivity index (χ2v) is 4.60. The number of thiol groups is 1. The van der Waals surface area contributed by atoms with Gasteiger partial charge in [0, 0.05) is 0 Å². The van der Waals surface area contributed by atoms with E-state index in [-0.39, 0.29) is 17.1 Å². The fraction of sp³-hybridized carbons (Fsp3) is 0. The Bertz CT molecular complexity index is 705. The molecule has 0 heterocycles. The van der Waals surface area contributed by atoms with Crippen molar-refractivity contribution in [3.63, 3.8) is 0 Å². The monoisotopic (exact) mass is 291 g/mol. The van der Waals surface area contributed by atoms with Gasteiger partial charge in [0.15, 0.2) is 0 Å². The molecule has 0 aliphatic heterocycles. The summed E-state index contributed by atoms with van der Waals surface area (Å²) in [7, 11) is -2.80. The number of benzene rings is 2. The van der Waals surface area contributed by atoms with Crippen molar-refractivity contribution in [2.24, 2.45) is 10.2 Å². The number of hydrogen-bond donors (Lipinski definition) is 4. The molecule has 0 aromatic heterocycles. The molecule has 7 nitrogen and oxygen atoms in total. The van der Waals surface area contributed by atoms with E-state index in [1.54, 1.807) is 18.2 Å². The molecule has 0 saturated carbocycles.